The first kappa shape index (κ1) is 14.4. The van der Waals surface area contributed by atoms with Crippen molar-refractivity contribution >= 4 is 29.0 Å². The summed E-state index contributed by atoms with van der Waals surface area (Å²) < 4.78 is 9.66. The lowest BCUT2D eigenvalue weighted by Crippen LogP contribution is -2.27. The van der Waals surface area contributed by atoms with Gasteiger partial charge in [0.1, 0.15) is 5.60 Å². The van der Waals surface area contributed by atoms with Crippen LogP contribution in [0, 0.1) is 0 Å². The van der Waals surface area contributed by atoms with Crippen molar-refractivity contribution in [3.63, 3.8) is 0 Å². The molecule has 6 nitrogen and oxygen atoms in total. The molecule has 0 bridgehead atoms. The minimum Gasteiger partial charge on any atom is -0.467 e. The maximum Gasteiger partial charge on any atom is 0.413 e. The first-order chi connectivity index (χ1) is 8.40. The summed E-state index contributed by atoms with van der Waals surface area (Å²) in [7, 11) is 0. The Bertz CT molecular complexity index is 411. The molecule has 0 aliphatic carbocycles. The fourth-order valence-corrected chi connectivity index (χ4v) is 1.81. The van der Waals surface area contributed by atoms with Crippen molar-refractivity contribution in [2.24, 2.45) is 0 Å². The van der Waals surface area contributed by atoms with E-state index in [9.17, 15) is 9.59 Å². The molecule has 0 spiro atoms. The van der Waals surface area contributed by atoms with Crippen LogP contribution in [0.5, 0.6) is 0 Å². The predicted octanol–water partition coefficient (Wildman–Crippen LogP) is 2.21. The normalized spacial score (nSPS) is 10.8. The van der Waals surface area contributed by atoms with Crippen LogP contribution in [-0.2, 0) is 20.7 Å². The van der Waals surface area contributed by atoms with Crippen LogP contribution in [0.3, 0.4) is 0 Å². The van der Waals surface area contributed by atoms with Gasteiger partial charge in [-0.1, -0.05) is 0 Å². The lowest BCUT2D eigenvalue weighted by Gasteiger charge is -2.18. The molecule has 100 valence electrons. The Morgan fingerprint density at radius 1 is 1.56 bits per heavy atom. The zero-order valence-corrected chi connectivity index (χ0v) is 11.4. The van der Waals surface area contributed by atoms with Crippen LogP contribution in [0.2, 0.25) is 0 Å². The van der Waals surface area contributed by atoms with Gasteiger partial charge in [-0.25, -0.2) is 9.78 Å². The highest BCUT2D eigenvalue weighted by atomic mass is 32.1. The van der Waals surface area contributed by atoms with Crippen molar-refractivity contribution in [2.75, 3.05) is 11.9 Å². The molecule has 0 unspecified atom stereocenters. The van der Waals surface area contributed by atoms with Gasteiger partial charge in [-0.05, 0) is 20.8 Å². The van der Waals surface area contributed by atoms with E-state index in [1.54, 1.807) is 26.2 Å². The number of hydrogen-bond donors (Lipinski definition) is 1. The van der Waals surface area contributed by atoms with Crippen LogP contribution < -0.4 is 5.32 Å². The molecule has 1 N–H and O–H groups in total. The minimum atomic E-state index is -0.540. The molecule has 1 heterocycles. The number of aromatic nitrogens is 1. The van der Waals surface area contributed by atoms with Crippen molar-refractivity contribution in [1.82, 2.24) is 4.98 Å². The van der Waals surface area contributed by atoms with Crippen molar-refractivity contribution in [3.05, 3.63) is 11.1 Å². The molecule has 0 saturated heterocycles. The number of anilines is 1. The van der Waals surface area contributed by atoms with E-state index < -0.39 is 11.7 Å². The van der Waals surface area contributed by atoms with Crippen LogP contribution in [0.25, 0.3) is 0 Å². The average Bonchev–Trinajstić information content (AvgIpc) is 2.63. The van der Waals surface area contributed by atoms with Gasteiger partial charge < -0.3 is 9.47 Å². The van der Waals surface area contributed by atoms with Crippen LogP contribution in [0.15, 0.2) is 5.38 Å². The van der Waals surface area contributed by atoms with E-state index in [1.807, 2.05) is 0 Å². The van der Waals surface area contributed by atoms with Crippen molar-refractivity contribution in [1.29, 1.82) is 0 Å². The Morgan fingerprint density at radius 3 is 2.89 bits per heavy atom. The Kier molecular flexibility index (Phi) is 5.08. The first-order valence-electron chi connectivity index (χ1n) is 5.40. The second-order valence-corrected chi connectivity index (χ2v) is 5.35. The third-order valence-corrected chi connectivity index (χ3v) is 2.51. The third kappa shape index (κ3) is 5.62. The number of hydrogen-bond acceptors (Lipinski definition) is 6. The van der Waals surface area contributed by atoms with Gasteiger partial charge in [-0.3, -0.25) is 10.1 Å². The van der Waals surface area contributed by atoms with E-state index >= 15 is 0 Å². The van der Waals surface area contributed by atoms with Gasteiger partial charge in [-0.2, -0.15) is 0 Å². The molecule has 0 aliphatic rings. The number of carbonyl (C=O) groups excluding carboxylic acids is 2. The van der Waals surface area contributed by atoms with E-state index in [4.69, 9.17) is 4.74 Å². The lowest BCUT2D eigenvalue weighted by molar-refractivity contribution is -0.128. The van der Waals surface area contributed by atoms with Crippen molar-refractivity contribution in [2.45, 2.75) is 32.8 Å². The number of nitrogens with zero attached hydrogens (tertiary/aromatic N) is 1. The molecule has 1 aromatic rings. The third-order valence-electron chi connectivity index (χ3n) is 1.70. The smallest absolute Gasteiger partial charge is 0.413 e. The highest BCUT2D eigenvalue weighted by Crippen LogP contribution is 2.17. The van der Waals surface area contributed by atoms with Crippen LogP contribution >= 0.6 is 11.3 Å². The highest BCUT2D eigenvalue weighted by molar-refractivity contribution is 7.13. The summed E-state index contributed by atoms with van der Waals surface area (Å²) >= 11 is 1.29. The van der Waals surface area contributed by atoms with Gasteiger partial charge in [0.25, 0.3) is 6.47 Å². The Hall–Kier alpha value is -1.63. The van der Waals surface area contributed by atoms with E-state index in [0.717, 1.165) is 5.69 Å². The summed E-state index contributed by atoms with van der Waals surface area (Å²) in [5.74, 6) is 0. The SMILES string of the molecule is CC(C)(C)OC(=O)Nc1nc(CCOC=O)cs1. The zero-order chi connectivity index (χ0) is 13.6. The average molecular weight is 272 g/mol. The van der Waals surface area contributed by atoms with E-state index in [0.29, 0.717) is 18.0 Å². The molecule has 1 amide bonds. The van der Waals surface area contributed by atoms with Crippen LogP contribution in [0.1, 0.15) is 26.5 Å². The van der Waals surface area contributed by atoms with Gasteiger partial charge in [0.2, 0.25) is 0 Å². The number of carbonyl (C=O) groups is 2. The number of amides is 1. The summed E-state index contributed by atoms with van der Waals surface area (Å²) in [4.78, 5) is 25.6. The molecule has 0 saturated carbocycles. The summed E-state index contributed by atoms with van der Waals surface area (Å²) in [5, 5.41) is 4.80. The zero-order valence-electron chi connectivity index (χ0n) is 10.6. The second kappa shape index (κ2) is 6.34. The molecule has 0 atom stereocenters. The van der Waals surface area contributed by atoms with Gasteiger partial charge in [0, 0.05) is 11.8 Å². The Morgan fingerprint density at radius 2 is 2.28 bits per heavy atom. The fourth-order valence-electron chi connectivity index (χ4n) is 1.08. The molecule has 0 aliphatic heterocycles. The number of rotatable bonds is 5. The predicted molar refractivity (Wildman–Crippen MR) is 67.7 cm³/mol. The van der Waals surface area contributed by atoms with E-state index in [-0.39, 0.29) is 6.61 Å². The quantitative estimate of drug-likeness (QED) is 0.656. The van der Waals surface area contributed by atoms with Crippen molar-refractivity contribution in [3.8, 4) is 0 Å². The summed E-state index contributed by atoms with van der Waals surface area (Å²) in [6, 6.07) is 0. The summed E-state index contributed by atoms with van der Waals surface area (Å²) in [6.07, 6.45) is -0.0156. The van der Waals surface area contributed by atoms with Gasteiger partial charge >= 0.3 is 6.09 Å². The molecule has 0 aromatic carbocycles. The molecule has 7 heteroatoms. The van der Waals surface area contributed by atoms with Crippen molar-refractivity contribution < 1.29 is 19.1 Å². The molecule has 1 rings (SSSR count). The second-order valence-electron chi connectivity index (χ2n) is 4.49. The van der Waals surface area contributed by atoms with Gasteiger partial charge in [-0.15, -0.1) is 11.3 Å². The topological polar surface area (TPSA) is 77.5 Å². The van der Waals surface area contributed by atoms with E-state index in [1.165, 1.54) is 11.3 Å². The molecule has 0 fully saturated rings. The molecular weight excluding hydrogens is 256 g/mol. The van der Waals surface area contributed by atoms with Crippen LogP contribution in [-0.4, -0.2) is 29.8 Å². The Balaban J connectivity index is 2.43. The highest BCUT2D eigenvalue weighted by Gasteiger charge is 2.17. The standard InChI is InChI=1S/C11H16N2O4S/c1-11(2,3)17-10(15)13-9-12-8(6-18-9)4-5-16-7-14/h6-7H,4-5H2,1-3H3,(H,12,13,15). The number of nitrogens with one attached hydrogen (secondary N) is 1. The largest absolute Gasteiger partial charge is 0.467 e. The van der Waals surface area contributed by atoms with Gasteiger partial charge in [0.15, 0.2) is 5.13 Å². The molecule has 18 heavy (non-hydrogen) atoms. The van der Waals surface area contributed by atoms with Gasteiger partial charge in [0.05, 0.1) is 12.3 Å². The fraction of sp³-hybridized carbons (Fsp3) is 0.545. The van der Waals surface area contributed by atoms with Crippen LogP contribution in [0.4, 0.5) is 9.93 Å². The monoisotopic (exact) mass is 272 g/mol. The maximum atomic E-state index is 11.5. The maximum absolute atomic E-state index is 11.5. The molecular formula is C11H16N2O4S. The molecule has 0 radical (unpaired) electrons. The van der Waals surface area contributed by atoms with E-state index in [2.05, 4.69) is 15.0 Å². The molecule has 1 aromatic heterocycles. The first-order valence-corrected chi connectivity index (χ1v) is 6.28. The summed E-state index contributed by atoms with van der Waals surface area (Å²) in [5.41, 5.74) is 0.218. The minimum absolute atomic E-state index is 0.277. The number of thiazole rings is 1. The number of ether oxygens (including phenoxy) is 2. The lowest BCUT2D eigenvalue weighted by atomic mass is 10.2. The summed E-state index contributed by atoms with van der Waals surface area (Å²) in [6.45, 7) is 6.04. The Labute approximate surface area is 109 Å².